The minimum absolute atomic E-state index is 0.144. The van der Waals surface area contributed by atoms with E-state index in [1.165, 1.54) is 0 Å². The summed E-state index contributed by atoms with van der Waals surface area (Å²) in [7, 11) is 1.72. The van der Waals surface area contributed by atoms with Crippen LogP contribution in [0.25, 0.3) is 0 Å². The Morgan fingerprint density at radius 1 is 1.19 bits per heavy atom. The van der Waals surface area contributed by atoms with Gasteiger partial charge in [0.1, 0.15) is 0 Å². The van der Waals surface area contributed by atoms with Crippen LogP contribution in [0, 0.1) is 11.3 Å². The topological polar surface area (TPSA) is 33.0 Å². The summed E-state index contributed by atoms with van der Waals surface area (Å²) in [5.41, 5.74) is 1.39. The Bertz CT molecular complexity index is 413. The van der Waals surface area contributed by atoms with Crippen molar-refractivity contribution in [1.29, 1.82) is 5.26 Å². The van der Waals surface area contributed by atoms with E-state index in [9.17, 15) is 0 Å². The van der Waals surface area contributed by atoms with Gasteiger partial charge in [-0.2, -0.15) is 5.26 Å². The zero-order valence-corrected chi connectivity index (χ0v) is 10.7. The molecular weight excluding hydrogens is 198 g/mol. The highest BCUT2D eigenvalue weighted by Gasteiger charge is 2.38. The minimum atomic E-state index is -0.277. The number of benzene rings is 1. The number of nitriles is 1. The van der Waals surface area contributed by atoms with Crippen molar-refractivity contribution < 1.29 is 4.74 Å². The van der Waals surface area contributed by atoms with Gasteiger partial charge in [0.15, 0.2) is 0 Å². The molecule has 0 spiro atoms. The van der Waals surface area contributed by atoms with Crippen LogP contribution in [0.5, 0.6) is 0 Å². The second-order valence-corrected chi connectivity index (χ2v) is 5.03. The highest BCUT2D eigenvalue weighted by Crippen LogP contribution is 2.37. The molecule has 0 N–H and O–H groups in total. The first kappa shape index (κ1) is 12.7. The smallest absolute Gasteiger partial charge is 0.0991 e. The van der Waals surface area contributed by atoms with Crippen LogP contribution in [0.1, 0.15) is 38.8 Å². The lowest BCUT2D eigenvalue weighted by Crippen LogP contribution is -2.44. The van der Waals surface area contributed by atoms with Gasteiger partial charge in [-0.15, -0.1) is 0 Å². The van der Waals surface area contributed by atoms with Crippen molar-refractivity contribution in [2.75, 3.05) is 7.11 Å². The van der Waals surface area contributed by atoms with E-state index in [2.05, 4.69) is 33.8 Å². The molecular formula is C14H19NO. The maximum Gasteiger partial charge on any atom is 0.0991 e. The Labute approximate surface area is 97.9 Å². The van der Waals surface area contributed by atoms with Gasteiger partial charge in [0.05, 0.1) is 17.2 Å². The van der Waals surface area contributed by atoms with Gasteiger partial charge in [0.2, 0.25) is 0 Å². The number of methoxy groups -OCH3 is 1. The monoisotopic (exact) mass is 217 g/mol. The van der Waals surface area contributed by atoms with Crippen LogP contribution < -0.4 is 0 Å². The molecule has 2 nitrogen and oxygen atoms in total. The molecule has 0 aromatic heterocycles. The molecule has 1 rings (SSSR count). The summed E-state index contributed by atoms with van der Waals surface area (Å²) in [6.07, 6.45) is 0. The summed E-state index contributed by atoms with van der Waals surface area (Å²) < 4.78 is 5.55. The molecule has 2 heteroatoms. The number of hydrogen-bond acceptors (Lipinski definition) is 2. The third kappa shape index (κ3) is 2.10. The van der Waals surface area contributed by atoms with E-state index in [0.717, 1.165) is 5.56 Å². The maximum absolute atomic E-state index is 8.91. The van der Waals surface area contributed by atoms with Crippen molar-refractivity contribution >= 4 is 0 Å². The van der Waals surface area contributed by atoms with E-state index < -0.39 is 0 Å². The van der Waals surface area contributed by atoms with Crippen LogP contribution in [0.4, 0.5) is 0 Å². The number of nitrogens with zero attached hydrogens (tertiary/aromatic N) is 1. The van der Waals surface area contributed by atoms with Gasteiger partial charge in [-0.05, 0) is 31.5 Å². The fourth-order valence-electron chi connectivity index (χ4n) is 1.58. The molecule has 0 atom stereocenters. The maximum atomic E-state index is 8.91. The van der Waals surface area contributed by atoms with E-state index in [1.54, 1.807) is 7.11 Å². The summed E-state index contributed by atoms with van der Waals surface area (Å²) in [4.78, 5) is 0. The summed E-state index contributed by atoms with van der Waals surface area (Å²) in [5, 5.41) is 8.91. The second kappa shape index (κ2) is 4.27. The lowest BCUT2D eigenvalue weighted by atomic mass is 9.71. The minimum Gasteiger partial charge on any atom is -0.378 e. The van der Waals surface area contributed by atoms with Crippen molar-refractivity contribution in [2.45, 2.75) is 38.7 Å². The van der Waals surface area contributed by atoms with E-state index in [0.29, 0.717) is 5.56 Å². The van der Waals surface area contributed by atoms with Gasteiger partial charge < -0.3 is 4.74 Å². The third-order valence-corrected chi connectivity index (χ3v) is 3.73. The molecule has 1 aromatic carbocycles. The lowest BCUT2D eigenvalue weighted by molar-refractivity contribution is -0.0341. The van der Waals surface area contributed by atoms with Crippen molar-refractivity contribution in [3.05, 3.63) is 35.4 Å². The molecule has 0 radical (unpaired) electrons. The summed E-state index contributed by atoms with van der Waals surface area (Å²) in [5.74, 6) is 0. The second-order valence-electron chi connectivity index (χ2n) is 5.03. The molecule has 0 unspecified atom stereocenters. The van der Waals surface area contributed by atoms with Crippen LogP contribution in [-0.2, 0) is 10.2 Å². The zero-order valence-electron chi connectivity index (χ0n) is 10.7. The lowest BCUT2D eigenvalue weighted by Gasteiger charge is -2.41. The van der Waals surface area contributed by atoms with Crippen LogP contribution in [-0.4, -0.2) is 12.7 Å². The highest BCUT2D eigenvalue weighted by atomic mass is 16.5. The first-order valence-electron chi connectivity index (χ1n) is 5.41. The fraction of sp³-hybridized carbons (Fsp3) is 0.500. The van der Waals surface area contributed by atoms with E-state index in [1.807, 2.05) is 24.3 Å². The quantitative estimate of drug-likeness (QED) is 0.778. The Morgan fingerprint density at radius 2 is 1.81 bits per heavy atom. The highest BCUT2D eigenvalue weighted by molar-refractivity contribution is 5.37. The molecule has 0 saturated carbocycles. The predicted octanol–water partition coefficient (Wildman–Crippen LogP) is 3.26. The van der Waals surface area contributed by atoms with E-state index in [-0.39, 0.29) is 11.0 Å². The summed E-state index contributed by atoms with van der Waals surface area (Å²) >= 11 is 0. The van der Waals surface area contributed by atoms with E-state index in [4.69, 9.17) is 10.00 Å². The fourth-order valence-corrected chi connectivity index (χ4v) is 1.58. The molecule has 0 aliphatic heterocycles. The molecule has 0 heterocycles. The Kier molecular flexibility index (Phi) is 3.40. The largest absolute Gasteiger partial charge is 0.378 e. The molecule has 0 aliphatic carbocycles. The molecule has 0 aliphatic rings. The van der Waals surface area contributed by atoms with Crippen molar-refractivity contribution in [2.24, 2.45) is 0 Å². The number of ether oxygens (including phenoxy) is 1. The Morgan fingerprint density at radius 3 is 2.31 bits per heavy atom. The van der Waals surface area contributed by atoms with E-state index >= 15 is 0 Å². The van der Waals surface area contributed by atoms with Crippen LogP contribution in [0.15, 0.2) is 24.3 Å². The Hall–Kier alpha value is -1.33. The molecule has 0 amide bonds. The molecule has 0 fully saturated rings. The van der Waals surface area contributed by atoms with Crippen molar-refractivity contribution in [3.63, 3.8) is 0 Å². The number of hydrogen-bond donors (Lipinski definition) is 0. The average Bonchev–Trinajstić information content (AvgIpc) is 2.28. The van der Waals surface area contributed by atoms with Crippen molar-refractivity contribution in [3.8, 4) is 6.07 Å². The molecule has 86 valence electrons. The van der Waals surface area contributed by atoms with Gasteiger partial charge in [0.25, 0.3) is 0 Å². The molecule has 16 heavy (non-hydrogen) atoms. The SMILES string of the molecule is COC(C)(C)C(C)(C)c1cccc(C#N)c1. The number of rotatable bonds is 3. The van der Waals surface area contributed by atoms with Gasteiger partial charge in [-0.1, -0.05) is 26.0 Å². The summed E-state index contributed by atoms with van der Waals surface area (Å²) in [6.45, 7) is 8.39. The third-order valence-electron chi connectivity index (χ3n) is 3.73. The molecule has 0 saturated heterocycles. The zero-order chi connectivity index (χ0) is 12.4. The molecule has 0 bridgehead atoms. The van der Waals surface area contributed by atoms with Crippen LogP contribution >= 0.6 is 0 Å². The van der Waals surface area contributed by atoms with Crippen molar-refractivity contribution in [1.82, 2.24) is 0 Å². The van der Waals surface area contributed by atoms with Crippen LogP contribution in [0.3, 0.4) is 0 Å². The average molecular weight is 217 g/mol. The van der Waals surface area contributed by atoms with Gasteiger partial charge in [-0.25, -0.2) is 0 Å². The first-order chi connectivity index (χ1) is 7.35. The predicted molar refractivity (Wildman–Crippen MR) is 65.3 cm³/mol. The first-order valence-corrected chi connectivity index (χ1v) is 5.41. The summed E-state index contributed by atoms with van der Waals surface area (Å²) in [6, 6.07) is 9.88. The van der Waals surface area contributed by atoms with Crippen LogP contribution in [0.2, 0.25) is 0 Å². The Balaban J connectivity index is 3.22. The van der Waals surface area contributed by atoms with Gasteiger partial charge in [-0.3, -0.25) is 0 Å². The normalized spacial score (nSPS) is 12.2. The standard InChI is InChI=1S/C14H19NO/c1-13(2,14(3,4)16-5)12-8-6-7-11(9-12)10-15/h6-9H,1-5H3. The van der Waals surface area contributed by atoms with Gasteiger partial charge in [0, 0.05) is 12.5 Å². The van der Waals surface area contributed by atoms with Gasteiger partial charge >= 0.3 is 0 Å². The molecule has 1 aromatic rings.